The summed E-state index contributed by atoms with van der Waals surface area (Å²) in [5.74, 6) is -1.06. The lowest BCUT2D eigenvalue weighted by atomic mass is 9.78. The molecule has 1 aliphatic carbocycles. The fourth-order valence-electron chi connectivity index (χ4n) is 4.72. The number of nitrogens with one attached hydrogen (secondary N) is 1. The van der Waals surface area contributed by atoms with Crippen molar-refractivity contribution in [1.29, 1.82) is 5.26 Å². The van der Waals surface area contributed by atoms with Gasteiger partial charge in [-0.15, -0.1) is 0 Å². The van der Waals surface area contributed by atoms with Gasteiger partial charge in [-0.1, -0.05) is 6.92 Å². The van der Waals surface area contributed by atoms with E-state index in [1.807, 2.05) is 6.92 Å². The number of halogens is 1. The molecule has 168 valence electrons. The molecule has 2 aliphatic rings. The second kappa shape index (κ2) is 8.49. The molecular weight excluding hydrogens is 415 g/mol. The number of carbonyl (C=O) groups is 2. The molecule has 32 heavy (non-hydrogen) atoms. The van der Waals surface area contributed by atoms with E-state index >= 15 is 0 Å². The van der Waals surface area contributed by atoms with Crippen molar-refractivity contribution in [1.82, 2.24) is 14.7 Å². The number of piperidine rings is 1. The van der Waals surface area contributed by atoms with Crippen molar-refractivity contribution < 1.29 is 19.1 Å². The van der Waals surface area contributed by atoms with Gasteiger partial charge >= 0.3 is 6.09 Å². The number of nitrogens with two attached hydrogens (primary N) is 1. The topological polar surface area (TPSA) is 137 Å². The molecule has 10 heteroatoms. The molecule has 9 nitrogen and oxygen atoms in total. The highest BCUT2D eigenvalue weighted by Crippen LogP contribution is 2.45. The molecule has 0 bridgehead atoms. The Bertz CT molecular complexity index is 1060. The summed E-state index contributed by atoms with van der Waals surface area (Å²) in [7, 11) is 0. The van der Waals surface area contributed by atoms with Crippen LogP contribution in [-0.2, 0) is 0 Å². The van der Waals surface area contributed by atoms with Crippen molar-refractivity contribution >= 4 is 23.5 Å². The van der Waals surface area contributed by atoms with Crippen molar-refractivity contribution in [2.45, 2.75) is 38.3 Å². The number of aromatic nitrogens is 2. The van der Waals surface area contributed by atoms with Crippen molar-refractivity contribution in [3.05, 3.63) is 41.8 Å². The summed E-state index contributed by atoms with van der Waals surface area (Å²) >= 11 is 0. The van der Waals surface area contributed by atoms with Gasteiger partial charge in [-0.2, -0.15) is 10.4 Å². The molecule has 4 N–H and O–H groups in total. The number of amides is 2. The first-order valence-corrected chi connectivity index (χ1v) is 10.6. The quantitative estimate of drug-likeness (QED) is 0.630. The lowest BCUT2D eigenvalue weighted by Gasteiger charge is -2.44. The van der Waals surface area contributed by atoms with Crippen molar-refractivity contribution in [2.75, 3.05) is 11.9 Å². The molecule has 2 amide bonds. The standard InChI is InChI=1S/C22H25FN6O3/c1-12(13-2-3-13)19-16(10-24)18(8-9-28(19)22(31)32)29-11-17(20(25)30)21(27-29)26-15-6-4-14(23)5-7-15/h4-7,11-13,16,18-19H,2-3,8-9H2,1H3,(H2,25,30)(H,26,27)(H,31,32)/t12?,16-,18-,19?/m1/s1. The molecule has 4 atom stereocenters. The lowest BCUT2D eigenvalue weighted by Crippen LogP contribution is -2.54. The van der Waals surface area contributed by atoms with Crippen LogP contribution >= 0.6 is 0 Å². The highest BCUT2D eigenvalue weighted by Gasteiger charge is 2.48. The Morgan fingerprint density at radius 1 is 1.31 bits per heavy atom. The third-order valence-corrected chi connectivity index (χ3v) is 6.55. The van der Waals surface area contributed by atoms with E-state index in [-0.39, 0.29) is 23.8 Å². The molecule has 2 fully saturated rings. The van der Waals surface area contributed by atoms with Gasteiger partial charge in [0, 0.05) is 18.4 Å². The molecule has 4 rings (SSSR count). The highest BCUT2D eigenvalue weighted by molar-refractivity contribution is 5.98. The Hall–Kier alpha value is -3.61. The monoisotopic (exact) mass is 440 g/mol. The molecule has 2 unspecified atom stereocenters. The fourth-order valence-corrected chi connectivity index (χ4v) is 4.72. The van der Waals surface area contributed by atoms with Gasteiger partial charge in [0.05, 0.1) is 24.1 Å². The van der Waals surface area contributed by atoms with Gasteiger partial charge in [0.2, 0.25) is 0 Å². The SMILES string of the molecule is CC(C1CC1)C1[C@H](C#N)[C@H](n2cc(C(N)=O)c(Nc3ccc(F)cc3)n2)CCN1C(=O)O. The number of nitrogens with zero attached hydrogens (tertiary/aromatic N) is 4. The second-order valence-corrected chi connectivity index (χ2v) is 8.54. The third kappa shape index (κ3) is 4.10. The number of primary amides is 1. The van der Waals surface area contributed by atoms with Gasteiger partial charge in [-0.25, -0.2) is 9.18 Å². The van der Waals surface area contributed by atoms with Crippen LogP contribution in [0.25, 0.3) is 0 Å². The molecule has 1 aromatic carbocycles. The predicted molar refractivity (Wildman–Crippen MR) is 114 cm³/mol. The number of hydrogen-bond acceptors (Lipinski definition) is 5. The summed E-state index contributed by atoms with van der Waals surface area (Å²) in [6.07, 6.45) is 2.92. The first kappa shape index (κ1) is 21.6. The maximum atomic E-state index is 13.2. The van der Waals surface area contributed by atoms with Crippen molar-refractivity contribution in [3.63, 3.8) is 0 Å². The zero-order valence-corrected chi connectivity index (χ0v) is 17.6. The number of carboxylic acid groups (broad SMARTS) is 1. The lowest BCUT2D eigenvalue weighted by molar-refractivity contribution is 0.0377. The summed E-state index contributed by atoms with van der Waals surface area (Å²) in [6.45, 7) is 2.27. The first-order valence-electron chi connectivity index (χ1n) is 10.6. The molecule has 0 radical (unpaired) electrons. The molecule has 1 saturated heterocycles. The fraction of sp³-hybridized carbons (Fsp3) is 0.455. The molecule has 1 aromatic heterocycles. The number of anilines is 2. The van der Waals surface area contributed by atoms with Gasteiger partial charge in [0.1, 0.15) is 11.4 Å². The molecule has 2 aromatic rings. The molecule has 2 heterocycles. The molecule has 0 spiro atoms. The molecular formula is C22H25FN6O3. The Labute approximate surface area is 184 Å². The minimum atomic E-state index is -1.03. The van der Waals surface area contributed by atoms with E-state index in [1.54, 1.807) is 4.68 Å². The summed E-state index contributed by atoms with van der Waals surface area (Å²) in [5.41, 5.74) is 6.21. The Kier molecular flexibility index (Phi) is 5.74. The number of nitriles is 1. The molecule has 1 aliphatic heterocycles. The first-order chi connectivity index (χ1) is 15.3. The largest absolute Gasteiger partial charge is 0.465 e. The van der Waals surface area contributed by atoms with E-state index in [0.717, 1.165) is 12.8 Å². The van der Waals surface area contributed by atoms with Crippen LogP contribution in [0.15, 0.2) is 30.5 Å². The van der Waals surface area contributed by atoms with Crippen LogP contribution in [0.4, 0.5) is 20.7 Å². The predicted octanol–water partition coefficient (Wildman–Crippen LogP) is 3.34. The van der Waals surface area contributed by atoms with Gasteiger partial charge in [-0.05, 0) is 55.4 Å². The zero-order valence-electron chi connectivity index (χ0n) is 17.6. The van der Waals surface area contributed by atoms with E-state index in [9.17, 15) is 24.3 Å². The maximum absolute atomic E-state index is 13.2. The minimum Gasteiger partial charge on any atom is -0.465 e. The number of rotatable bonds is 6. The van der Waals surface area contributed by atoms with Crippen molar-refractivity contribution in [2.24, 2.45) is 23.5 Å². The van der Waals surface area contributed by atoms with Crippen LogP contribution in [-0.4, -0.2) is 44.4 Å². The number of hydrogen-bond donors (Lipinski definition) is 3. The van der Waals surface area contributed by atoms with Crippen LogP contribution in [0.2, 0.25) is 0 Å². The van der Waals surface area contributed by atoms with E-state index < -0.39 is 35.8 Å². The number of likely N-dealkylation sites (tertiary alicyclic amines) is 1. The smallest absolute Gasteiger partial charge is 0.407 e. The van der Waals surface area contributed by atoms with Crippen LogP contribution < -0.4 is 11.1 Å². The highest BCUT2D eigenvalue weighted by atomic mass is 19.1. The average molecular weight is 440 g/mol. The van der Waals surface area contributed by atoms with E-state index in [4.69, 9.17) is 5.73 Å². The van der Waals surface area contributed by atoms with Crippen LogP contribution in [0.1, 0.15) is 42.6 Å². The van der Waals surface area contributed by atoms with Crippen LogP contribution in [0, 0.1) is 34.9 Å². The zero-order chi connectivity index (χ0) is 23.0. The van der Waals surface area contributed by atoms with E-state index in [0.29, 0.717) is 18.0 Å². The van der Waals surface area contributed by atoms with Gasteiger partial charge < -0.3 is 21.1 Å². The van der Waals surface area contributed by atoms with Gasteiger partial charge in [-0.3, -0.25) is 9.48 Å². The van der Waals surface area contributed by atoms with E-state index in [2.05, 4.69) is 16.5 Å². The summed E-state index contributed by atoms with van der Waals surface area (Å²) in [5, 5.41) is 27.2. The Morgan fingerprint density at radius 3 is 2.56 bits per heavy atom. The minimum absolute atomic E-state index is 0.0431. The van der Waals surface area contributed by atoms with Gasteiger partial charge in [0.25, 0.3) is 5.91 Å². The Morgan fingerprint density at radius 2 is 2.00 bits per heavy atom. The average Bonchev–Trinajstić information content (AvgIpc) is 3.53. The molecule has 1 saturated carbocycles. The Balaban J connectivity index is 1.67. The number of carbonyl (C=O) groups excluding carboxylic acids is 1. The third-order valence-electron chi connectivity index (χ3n) is 6.55. The summed E-state index contributed by atoms with van der Waals surface area (Å²) < 4.78 is 14.8. The second-order valence-electron chi connectivity index (χ2n) is 8.54. The van der Waals surface area contributed by atoms with Crippen molar-refractivity contribution in [3.8, 4) is 6.07 Å². The van der Waals surface area contributed by atoms with Gasteiger partial charge in [0.15, 0.2) is 5.82 Å². The maximum Gasteiger partial charge on any atom is 0.407 e. The summed E-state index contributed by atoms with van der Waals surface area (Å²) in [6, 6.07) is 7.02. The number of benzene rings is 1. The normalized spacial score (nSPS) is 23.9. The summed E-state index contributed by atoms with van der Waals surface area (Å²) in [4.78, 5) is 25.3. The van der Waals surface area contributed by atoms with E-state index in [1.165, 1.54) is 35.4 Å². The van der Waals surface area contributed by atoms with Crippen LogP contribution in [0.3, 0.4) is 0 Å². The van der Waals surface area contributed by atoms with Crippen LogP contribution in [0.5, 0.6) is 0 Å².